The molecule has 0 aliphatic heterocycles. The lowest BCUT2D eigenvalue weighted by Crippen LogP contribution is -2.22. The first-order valence-corrected chi connectivity index (χ1v) is 14.5. The first-order chi connectivity index (χ1) is 17.3. The van der Waals surface area contributed by atoms with E-state index in [-0.39, 0.29) is 5.92 Å². The maximum absolute atomic E-state index is 6.81. The van der Waals surface area contributed by atoms with E-state index in [0.717, 1.165) is 43.7 Å². The molecule has 0 aliphatic carbocycles. The highest BCUT2D eigenvalue weighted by Crippen LogP contribution is 2.45. The summed E-state index contributed by atoms with van der Waals surface area (Å²) in [6.45, 7) is 0.819. The largest absolute Gasteiger partial charge is 0.309 e. The van der Waals surface area contributed by atoms with Crippen molar-refractivity contribution in [2.45, 2.75) is 31.9 Å². The van der Waals surface area contributed by atoms with Gasteiger partial charge in [-0.3, -0.25) is 0 Å². The van der Waals surface area contributed by atoms with E-state index in [2.05, 4.69) is 49.3 Å². The van der Waals surface area contributed by atoms with Gasteiger partial charge in [-0.2, -0.15) is 0 Å². The van der Waals surface area contributed by atoms with Crippen molar-refractivity contribution in [1.29, 1.82) is 0 Å². The van der Waals surface area contributed by atoms with Crippen molar-refractivity contribution < 1.29 is 0 Å². The number of rotatable bonds is 9. The first-order valence-electron chi connectivity index (χ1n) is 11.4. The average molecular weight is 593 g/mol. The van der Waals surface area contributed by atoms with Crippen molar-refractivity contribution in [3.63, 3.8) is 0 Å². The van der Waals surface area contributed by atoms with Crippen LogP contribution in [-0.2, 0) is 6.42 Å². The molecule has 4 aromatic carbocycles. The molecule has 0 amide bonds. The highest BCUT2D eigenvalue weighted by molar-refractivity contribution is 7.99. The summed E-state index contributed by atoms with van der Waals surface area (Å²) in [4.78, 5) is 6.43. The average Bonchev–Trinajstić information content (AvgIpc) is 2.85. The normalized spacial score (nSPS) is 12.2. The van der Waals surface area contributed by atoms with Crippen molar-refractivity contribution in [2.24, 2.45) is 0 Å². The Morgan fingerprint density at radius 1 is 0.694 bits per heavy atom. The van der Waals surface area contributed by atoms with Gasteiger partial charge in [-0.1, -0.05) is 112 Å². The zero-order valence-corrected chi connectivity index (χ0v) is 24.5. The highest BCUT2D eigenvalue weighted by atomic mass is 35.5. The minimum absolute atomic E-state index is 0.130. The highest BCUT2D eigenvalue weighted by Gasteiger charge is 2.23. The van der Waals surface area contributed by atoms with E-state index in [4.69, 9.17) is 46.4 Å². The SMILES string of the molecule is CN(C)CC(Cc1cc(Cl)cc(Cl)c1Sc1ccccc1)c1ccc(Cl)c(Cl)c1Sc1ccccc1. The molecule has 186 valence electrons. The van der Waals surface area contributed by atoms with E-state index >= 15 is 0 Å². The van der Waals surface area contributed by atoms with Gasteiger partial charge >= 0.3 is 0 Å². The smallest absolute Gasteiger partial charge is 0.0734 e. The third-order valence-electron chi connectivity index (χ3n) is 5.58. The zero-order valence-electron chi connectivity index (χ0n) is 19.9. The molecule has 0 spiro atoms. The molecule has 0 aliphatic rings. The molecule has 4 aromatic rings. The minimum atomic E-state index is 0.130. The maximum atomic E-state index is 6.81. The van der Waals surface area contributed by atoms with Gasteiger partial charge in [-0.15, -0.1) is 0 Å². The van der Waals surface area contributed by atoms with Crippen molar-refractivity contribution in [1.82, 2.24) is 4.90 Å². The summed E-state index contributed by atoms with van der Waals surface area (Å²) >= 11 is 29.8. The van der Waals surface area contributed by atoms with Gasteiger partial charge in [0.2, 0.25) is 0 Å². The van der Waals surface area contributed by atoms with Crippen LogP contribution < -0.4 is 0 Å². The van der Waals surface area contributed by atoms with Crippen LogP contribution in [0.4, 0.5) is 0 Å². The second-order valence-corrected chi connectivity index (χ2v) is 12.4. The third kappa shape index (κ3) is 7.17. The van der Waals surface area contributed by atoms with Crippen molar-refractivity contribution in [2.75, 3.05) is 20.6 Å². The molecule has 0 saturated carbocycles. The molecular formula is C29H25Cl4NS2. The number of hydrogen-bond acceptors (Lipinski definition) is 3. The van der Waals surface area contributed by atoms with Gasteiger partial charge in [0.1, 0.15) is 0 Å². The lowest BCUT2D eigenvalue weighted by molar-refractivity contribution is 0.369. The summed E-state index contributed by atoms with van der Waals surface area (Å²) in [5.41, 5.74) is 2.26. The summed E-state index contributed by atoms with van der Waals surface area (Å²) in [5, 5.41) is 2.41. The molecular weight excluding hydrogens is 568 g/mol. The van der Waals surface area contributed by atoms with Gasteiger partial charge < -0.3 is 4.90 Å². The van der Waals surface area contributed by atoms with Crippen LogP contribution in [0.15, 0.2) is 105 Å². The van der Waals surface area contributed by atoms with Crippen molar-refractivity contribution in [3.05, 3.63) is 116 Å². The van der Waals surface area contributed by atoms with Crippen molar-refractivity contribution in [3.8, 4) is 0 Å². The van der Waals surface area contributed by atoms with Gasteiger partial charge in [-0.05, 0) is 74.1 Å². The van der Waals surface area contributed by atoms with Crippen LogP contribution in [0.2, 0.25) is 20.1 Å². The number of halogens is 4. The van der Waals surface area contributed by atoms with Crippen LogP contribution >= 0.6 is 69.9 Å². The summed E-state index contributed by atoms with van der Waals surface area (Å²) in [5.74, 6) is 0.130. The van der Waals surface area contributed by atoms with E-state index in [1.807, 2.05) is 54.6 Å². The summed E-state index contributed by atoms with van der Waals surface area (Å²) < 4.78 is 0. The van der Waals surface area contributed by atoms with Crippen molar-refractivity contribution >= 4 is 69.9 Å². The van der Waals surface area contributed by atoms with Gasteiger partial charge in [-0.25, -0.2) is 0 Å². The number of nitrogens with zero attached hydrogens (tertiary/aromatic N) is 1. The van der Waals surface area contributed by atoms with Crippen LogP contribution in [0.25, 0.3) is 0 Å². The Kier molecular flexibility index (Phi) is 9.99. The fourth-order valence-corrected chi connectivity index (χ4v) is 7.24. The predicted molar refractivity (Wildman–Crippen MR) is 159 cm³/mol. The van der Waals surface area contributed by atoms with Crippen LogP contribution in [0.1, 0.15) is 17.0 Å². The Labute approximate surface area is 242 Å². The fourth-order valence-electron chi connectivity index (χ4n) is 4.04. The second kappa shape index (κ2) is 13.0. The fraction of sp³-hybridized carbons (Fsp3) is 0.172. The molecule has 0 saturated heterocycles. The summed E-state index contributed by atoms with van der Waals surface area (Å²) in [7, 11) is 4.16. The third-order valence-corrected chi connectivity index (χ3v) is 9.47. The molecule has 4 rings (SSSR count). The van der Waals surface area contributed by atoms with Crippen LogP contribution in [-0.4, -0.2) is 25.5 Å². The predicted octanol–water partition coefficient (Wildman–Crippen LogP) is 10.5. The summed E-state index contributed by atoms with van der Waals surface area (Å²) in [6.07, 6.45) is 0.744. The molecule has 1 unspecified atom stereocenters. The molecule has 0 fully saturated rings. The van der Waals surface area contributed by atoms with E-state index in [1.165, 1.54) is 0 Å². The zero-order chi connectivity index (χ0) is 25.7. The van der Waals surface area contributed by atoms with E-state index in [0.29, 0.717) is 20.1 Å². The molecule has 36 heavy (non-hydrogen) atoms. The van der Waals surface area contributed by atoms with Gasteiger partial charge in [0, 0.05) is 37.1 Å². The number of likely N-dealkylation sites (N-methyl/N-ethyl adjacent to an activating group) is 1. The Balaban J connectivity index is 1.77. The Hall–Kier alpha value is -1.30. The van der Waals surface area contributed by atoms with Gasteiger partial charge in [0.25, 0.3) is 0 Å². The maximum Gasteiger partial charge on any atom is 0.0734 e. The Bertz CT molecular complexity index is 1310. The number of hydrogen-bond donors (Lipinski definition) is 0. The molecule has 0 radical (unpaired) electrons. The summed E-state index contributed by atoms with van der Waals surface area (Å²) in [6, 6.07) is 28.3. The number of benzene rings is 4. The Morgan fingerprint density at radius 2 is 1.28 bits per heavy atom. The molecule has 0 N–H and O–H groups in total. The molecule has 1 nitrogen and oxygen atoms in total. The molecule has 0 heterocycles. The van der Waals surface area contributed by atoms with E-state index < -0.39 is 0 Å². The topological polar surface area (TPSA) is 3.24 Å². The van der Waals surface area contributed by atoms with E-state index in [9.17, 15) is 0 Å². The lowest BCUT2D eigenvalue weighted by Gasteiger charge is -2.26. The standard InChI is InChI=1S/C29H25Cl4NS2/c1-34(2)18-20(24-13-14-25(31)27(33)29(24)36-23-11-7-4-8-12-23)15-19-16-21(30)17-26(32)28(19)35-22-9-5-3-6-10-22/h3-14,16-17,20H,15,18H2,1-2H3. The quantitative estimate of drug-likeness (QED) is 0.190. The molecule has 0 bridgehead atoms. The lowest BCUT2D eigenvalue weighted by atomic mass is 9.91. The van der Waals surface area contributed by atoms with Crippen LogP contribution in [0.3, 0.4) is 0 Å². The minimum Gasteiger partial charge on any atom is -0.309 e. The van der Waals surface area contributed by atoms with Gasteiger partial charge in [0.15, 0.2) is 0 Å². The Morgan fingerprint density at radius 3 is 1.86 bits per heavy atom. The second-order valence-electron chi connectivity index (χ2n) is 8.65. The molecule has 1 atom stereocenters. The molecule has 0 aromatic heterocycles. The monoisotopic (exact) mass is 591 g/mol. The van der Waals surface area contributed by atoms with Crippen LogP contribution in [0.5, 0.6) is 0 Å². The first kappa shape index (κ1) is 27.7. The van der Waals surface area contributed by atoms with E-state index in [1.54, 1.807) is 23.5 Å². The van der Waals surface area contributed by atoms with Crippen LogP contribution in [0, 0.1) is 0 Å². The van der Waals surface area contributed by atoms with Gasteiger partial charge in [0.05, 0.1) is 15.1 Å². The molecule has 7 heteroatoms.